The SMILES string of the molecule is COc1ccc(F)cc1-c1cc(NC2CC2)ncn1. The van der Waals surface area contributed by atoms with Crippen LogP contribution in [0, 0.1) is 5.82 Å². The van der Waals surface area contributed by atoms with E-state index in [0.717, 1.165) is 5.82 Å². The highest BCUT2D eigenvalue weighted by atomic mass is 19.1. The van der Waals surface area contributed by atoms with Gasteiger partial charge in [-0.1, -0.05) is 0 Å². The van der Waals surface area contributed by atoms with Crippen LogP contribution in [0.1, 0.15) is 12.8 Å². The van der Waals surface area contributed by atoms with Crippen molar-refractivity contribution in [1.82, 2.24) is 9.97 Å². The van der Waals surface area contributed by atoms with Crippen LogP contribution in [-0.4, -0.2) is 23.1 Å². The fraction of sp³-hybridized carbons (Fsp3) is 0.286. The Morgan fingerprint density at radius 3 is 2.84 bits per heavy atom. The van der Waals surface area contributed by atoms with Crippen molar-refractivity contribution in [3.63, 3.8) is 0 Å². The molecule has 0 spiro atoms. The number of nitrogens with one attached hydrogen (secondary N) is 1. The van der Waals surface area contributed by atoms with E-state index in [9.17, 15) is 4.39 Å². The molecule has 5 heteroatoms. The summed E-state index contributed by atoms with van der Waals surface area (Å²) in [6.07, 6.45) is 3.82. The van der Waals surface area contributed by atoms with E-state index in [-0.39, 0.29) is 5.82 Å². The lowest BCUT2D eigenvalue weighted by Gasteiger charge is -2.09. The average molecular weight is 259 g/mol. The van der Waals surface area contributed by atoms with Gasteiger partial charge in [-0.15, -0.1) is 0 Å². The van der Waals surface area contributed by atoms with Gasteiger partial charge < -0.3 is 10.1 Å². The highest BCUT2D eigenvalue weighted by Gasteiger charge is 2.21. The zero-order valence-electron chi connectivity index (χ0n) is 10.6. The van der Waals surface area contributed by atoms with Crippen LogP contribution in [0.25, 0.3) is 11.3 Å². The van der Waals surface area contributed by atoms with Gasteiger partial charge in [-0.3, -0.25) is 0 Å². The second kappa shape index (κ2) is 4.84. The minimum atomic E-state index is -0.314. The second-order valence-electron chi connectivity index (χ2n) is 4.55. The molecule has 1 aliphatic rings. The number of hydrogen-bond donors (Lipinski definition) is 1. The number of nitrogens with zero attached hydrogens (tertiary/aromatic N) is 2. The number of rotatable bonds is 4. The van der Waals surface area contributed by atoms with Crippen LogP contribution in [0.5, 0.6) is 5.75 Å². The predicted molar refractivity (Wildman–Crippen MR) is 70.6 cm³/mol. The van der Waals surface area contributed by atoms with Gasteiger partial charge in [-0.25, -0.2) is 14.4 Å². The van der Waals surface area contributed by atoms with Crippen LogP contribution in [0.15, 0.2) is 30.6 Å². The van der Waals surface area contributed by atoms with Gasteiger partial charge in [-0.05, 0) is 31.0 Å². The molecule has 0 unspecified atom stereocenters. The Kier molecular flexibility index (Phi) is 3.03. The highest BCUT2D eigenvalue weighted by molar-refractivity contribution is 5.69. The van der Waals surface area contributed by atoms with Gasteiger partial charge in [0.05, 0.1) is 12.8 Å². The Hall–Kier alpha value is -2.17. The van der Waals surface area contributed by atoms with E-state index in [1.165, 1.54) is 31.3 Å². The van der Waals surface area contributed by atoms with Crippen LogP contribution in [0.2, 0.25) is 0 Å². The highest BCUT2D eigenvalue weighted by Crippen LogP contribution is 2.31. The molecule has 0 saturated heterocycles. The molecular formula is C14H14FN3O. The standard InChI is InChI=1S/C14H14FN3O/c1-19-13-5-2-9(15)6-11(13)12-7-14(17-8-16-12)18-10-3-4-10/h2,5-8,10H,3-4H2,1H3,(H,16,17,18). The van der Waals surface area contributed by atoms with Crippen molar-refractivity contribution < 1.29 is 9.13 Å². The average Bonchev–Trinajstić information content (AvgIpc) is 3.23. The summed E-state index contributed by atoms with van der Waals surface area (Å²) in [5, 5.41) is 3.29. The summed E-state index contributed by atoms with van der Waals surface area (Å²) < 4.78 is 18.6. The molecule has 4 nitrogen and oxygen atoms in total. The van der Waals surface area contributed by atoms with Crippen LogP contribution in [0.3, 0.4) is 0 Å². The molecular weight excluding hydrogens is 245 g/mol. The maximum atomic E-state index is 13.4. The zero-order chi connectivity index (χ0) is 13.2. The van der Waals surface area contributed by atoms with Gasteiger partial charge in [0.15, 0.2) is 0 Å². The molecule has 1 fully saturated rings. The number of halogens is 1. The van der Waals surface area contributed by atoms with Gasteiger partial charge in [0.25, 0.3) is 0 Å². The third-order valence-electron chi connectivity index (χ3n) is 3.03. The lowest BCUT2D eigenvalue weighted by molar-refractivity contribution is 0.415. The lowest BCUT2D eigenvalue weighted by atomic mass is 10.1. The van der Waals surface area contributed by atoms with Crippen molar-refractivity contribution in [3.05, 3.63) is 36.4 Å². The molecule has 0 amide bonds. The van der Waals surface area contributed by atoms with Crippen LogP contribution >= 0.6 is 0 Å². The number of ether oxygens (including phenoxy) is 1. The molecule has 19 heavy (non-hydrogen) atoms. The van der Waals surface area contributed by atoms with Crippen LogP contribution < -0.4 is 10.1 Å². The van der Waals surface area contributed by atoms with Crippen molar-refractivity contribution in [2.45, 2.75) is 18.9 Å². The largest absolute Gasteiger partial charge is 0.496 e. The number of methoxy groups -OCH3 is 1. The molecule has 1 aromatic heterocycles. The zero-order valence-corrected chi connectivity index (χ0v) is 10.6. The smallest absolute Gasteiger partial charge is 0.130 e. The van der Waals surface area contributed by atoms with E-state index < -0.39 is 0 Å². The van der Waals surface area contributed by atoms with Crippen molar-refractivity contribution >= 4 is 5.82 Å². The Labute approximate surface area is 110 Å². The molecule has 1 saturated carbocycles. The van der Waals surface area contributed by atoms with Crippen molar-refractivity contribution in [2.75, 3.05) is 12.4 Å². The van der Waals surface area contributed by atoms with E-state index in [1.807, 2.05) is 6.07 Å². The molecule has 0 aliphatic heterocycles. The van der Waals surface area contributed by atoms with Gasteiger partial charge in [0.1, 0.15) is 23.7 Å². The third-order valence-corrected chi connectivity index (χ3v) is 3.03. The Bertz CT molecular complexity index is 599. The summed E-state index contributed by atoms with van der Waals surface area (Å²) in [7, 11) is 1.56. The fourth-order valence-electron chi connectivity index (χ4n) is 1.90. The lowest BCUT2D eigenvalue weighted by Crippen LogP contribution is -2.03. The summed E-state index contributed by atoms with van der Waals surface area (Å²) >= 11 is 0. The van der Waals surface area contributed by atoms with E-state index in [4.69, 9.17) is 4.74 Å². The molecule has 2 aromatic rings. The second-order valence-corrected chi connectivity index (χ2v) is 4.55. The first-order valence-corrected chi connectivity index (χ1v) is 6.19. The molecule has 98 valence electrons. The minimum absolute atomic E-state index is 0.314. The summed E-state index contributed by atoms with van der Waals surface area (Å²) in [6.45, 7) is 0. The van der Waals surface area contributed by atoms with E-state index in [0.29, 0.717) is 23.0 Å². The van der Waals surface area contributed by atoms with E-state index >= 15 is 0 Å². The van der Waals surface area contributed by atoms with Crippen LogP contribution in [-0.2, 0) is 0 Å². The third kappa shape index (κ3) is 2.65. The molecule has 0 atom stereocenters. The normalized spacial score (nSPS) is 14.2. The molecule has 0 radical (unpaired) electrons. The maximum absolute atomic E-state index is 13.4. The van der Waals surface area contributed by atoms with Gasteiger partial charge in [0.2, 0.25) is 0 Å². The summed E-state index contributed by atoms with van der Waals surface area (Å²) in [6, 6.07) is 6.71. The maximum Gasteiger partial charge on any atom is 0.130 e. The fourth-order valence-corrected chi connectivity index (χ4v) is 1.90. The Morgan fingerprint density at radius 1 is 1.26 bits per heavy atom. The first kappa shape index (κ1) is 11.9. The summed E-state index contributed by atoms with van der Waals surface area (Å²) in [4.78, 5) is 8.36. The van der Waals surface area contributed by atoms with Gasteiger partial charge in [0, 0.05) is 17.7 Å². The minimum Gasteiger partial charge on any atom is -0.496 e. The summed E-state index contributed by atoms with van der Waals surface area (Å²) in [5.41, 5.74) is 1.28. The molecule has 0 bridgehead atoms. The van der Waals surface area contributed by atoms with Gasteiger partial charge in [-0.2, -0.15) is 0 Å². The quantitative estimate of drug-likeness (QED) is 0.917. The first-order chi connectivity index (χ1) is 9.26. The monoisotopic (exact) mass is 259 g/mol. The number of benzene rings is 1. The predicted octanol–water partition coefficient (Wildman–Crippen LogP) is 2.87. The molecule has 1 N–H and O–H groups in total. The Morgan fingerprint density at radius 2 is 2.11 bits per heavy atom. The molecule has 1 aliphatic carbocycles. The number of aromatic nitrogens is 2. The Balaban J connectivity index is 1.98. The van der Waals surface area contributed by atoms with Crippen molar-refractivity contribution in [3.8, 4) is 17.0 Å². The van der Waals surface area contributed by atoms with Crippen LogP contribution in [0.4, 0.5) is 10.2 Å². The van der Waals surface area contributed by atoms with Crippen molar-refractivity contribution in [1.29, 1.82) is 0 Å². The molecule has 1 aromatic carbocycles. The van der Waals surface area contributed by atoms with E-state index in [1.54, 1.807) is 13.2 Å². The van der Waals surface area contributed by atoms with Gasteiger partial charge >= 0.3 is 0 Å². The van der Waals surface area contributed by atoms with E-state index in [2.05, 4.69) is 15.3 Å². The first-order valence-electron chi connectivity index (χ1n) is 6.19. The molecule has 1 heterocycles. The summed E-state index contributed by atoms with van der Waals surface area (Å²) in [5.74, 6) is 1.04. The topological polar surface area (TPSA) is 47.0 Å². The number of anilines is 1. The number of hydrogen-bond acceptors (Lipinski definition) is 4. The van der Waals surface area contributed by atoms with Crippen molar-refractivity contribution in [2.24, 2.45) is 0 Å². The molecule has 3 rings (SSSR count).